The van der Waals surface area contributed by atoms with Crippen LogP contribution in [0.15, 0.2) is 48.5 Å². The zero-order valence-corrected chi connectivity index (χ0v) is 14.5. The van der Waals surface area contributed by atoms with Crippen LogP contribution in [0.1, 0.15) is 18.9 Å². The second-order valence-electron chi connectivity index (χ2n) is 5.06. The zero-order valence-electron chi connectivity index (χ0n) is 13.7. The highest BCUT2D eigenvalue weighted by molar-refractivity contribution is 6.32. The van der Waals surface area contributed by atoms with Crippen LogP contribution in [-0.2, 0) is 4.79 Å². The van der Waals surface area contributed by atoms with Gasteiger partial charge in [0.05, 0.1) is 18.7 Å². The van der Waals surface area contributed by atoms with Gasteiger partial charge in [-0.05, 0) is 36.8 Å². The van der Waals surface area contributed by atoms with Gasteiger partial charge in [-0.25, -0.2) is 0 Å². The van der Waals surface area contributed by atoms with Crippen LogP contribution in [0, 0.1) is 0 Å². The van der Waals surface area contributed by atoms with E-state index < -0.39 is 0 Å². The molecule has 0 saturated heterocycles. The van der Waals surface area contributed by atoms with Gasteiger partial charge in [-0.3, -0.25) is 4.79 Å². The summed E-state index contributed by atoms with van der Waals surface area (Å²) in [5, 5.41) is 3.20. The van der Waals surface area contributed by atoms with Gasteiger partial charge in [-0.2, -0.15) is 0 Å². The van der Waals surface area contributed by atoms with Gasteiger partial charge in [0.2, 0.25) is 5.91 Å². The number of amides is 1. The molecule has 0 aliphatic heterocycles. The van der Waals surface area contributed by atoms with E-state index in [0.717, 1.165) is 17.7 Å². The molecule has 0 aromatic heterocycles. The van der Waals surface area contributed by atoms with E-state index in [1.165, 1.54) is 6.08 Å². The first-order valence-corrected chi connectivity index (χ1v) is 8.06. The molecular weight excluding hydrogens is 326 g/mol. The summed E-state index contributed by atoms with van der Waals surface area (Å²) in [4.78, 5) is 12.1. The van der Waals surface area contributed by atoms with Crippen molar-refractivity contribution in [1.82, 2.24) is 0 Å². The minimum atomic E-state index is -0.249. The average molecular weight is 346 g/mol. The van der Waals surface area contributed by atoms with Crippen molar-refractivity contribution < 1.29 is 14.3 Å². The van der Waals surface area contributed by atoms with Crippen LogP contribution in [0.5, 0.6) is 11.5 Å². The number of anilines is 1. The molecule has 0 fully saturated rings. The van der Waals surface area contributed by atoms with Crippen LogP contribution in [0.25, 0.3) is 6.08 Å². The monoisotopic (exact) mass is 345 g/mol. The SMILES string of the molecule is CCCOc1ccccc1C=CC(=O)Nc1ccc(OC)c(Cl)c1. The molecule has 0 heterocycles. The number of nitrogens with one attached hydrogen (secondary N) is 1. The number of carbonyl (C=O) groups is 1. The largest absolute Gasteiger partial charge is 0.495 e. The summed E-state index contributed by atoms with van der Waals surface area (Å²) in [6.45, 7) is 2.69. The van der Waals surface area contributed by atoms with Crippen molar-refractivity contribution in [1.29, 1.82) is 0 Å². The normalized spacial score (nSPS) is 10.6. The van der Waals surface area contributed by atoms with Gasteiger partial charge in [0, 0.05) is 17.3 Å². The Bertz CT molecular complexity index is 728. The molecule has 0 spiro atoms. The topological polar surface area (TPSA) is 47.6 Å². The lowest BCUT2D eigenvalue weighted by Crippen LogP contribution is -2.07. The maximum atomic E-state index is 12.1. The highest BCUT2D eigenvalue weighted by atomic mass is 35.5. The molecule has 0 atom stereocenters. The smallest absolute Gasteiger partial charge is 0.248 e. The number of hydrogen-bond acceptors (Lipinski definition) is 3. The lowest BCUT2D eigenvalue weighted by molar-refractivity contribution is -0.111. The first kappa shape index (κ1) is 17.9. The minimum absolute atomic E-state index is 0.249. The van der Waals surface area contributed by atoms with Crippen LogP contribution in [0.4, 0.5) is 5.69 Å². The third-order valence-corrected chi connectivity index (χ3v) is 3.51. The first-order chi connectivity index (χ1) is 11.6. The van der Waals surface area contributed by atoms with Gasteiger partial charge >= 0.3 is 0 Å². The minimum Gasteiger partial charge on any atom is -0.495 e. The Morgan fingerprint density at radius 2 is 2.00 bits per heavy atom. The summed E-state index contributed by atoms with van der Waals surface area (Å²) in [6.07, 6.45) is 4.12. The van der Waals surface area contributed by atoms with Crippen molar-refractivity contribution in [3.8, 4) is 11.5 Å². The van der Waals surface area contributed by atoms with E-state index in [0.29, 0.717) is 23.1 Å². The first-order valence-electron chi connectivity index (χ1n) is 7.68. The molecule has 1 N–H and O–H groups in total. The number of methoxy groups -OCH3 is 1. The average Bonchev–Trinajstić information content (AvgIpc) is 2.59. The Balaban J connectivity index is 2.04. The molecule has 2 aromatic carbocycles. The predicted octanol–water partition coefficient (Wildman–Crippen LogP) is 4.79. The molecule has 0 bridgehead atoms. The van der Waals surface area contributed by atoms with Crippen LogP contribution in [0.2, 0.25) is 5.02 Å². The molecule has 24 heavy (non-hydrogen) atoms. The number of ether oxygens (including phenoxy) is 2. The summed E-state index contributed by atoms with van der Waals surface area (Å²) in [5.41, 5.74) is 1.46. The van der Waals surface area contributed by atoms with E-state index in [1.807, 2.05) is 31.2 Å². The zero-order chi connectivity index (χ0) is 17.4. The highest BCUT2D eigenvalue weighted by Gasteiger charge is 2.04. The summed E-state index contributed by atoms with van der Waals surface area (Å²) in [6, 6.07) is 12.7. The molecule has 0 saturated carbocycles. The Morgan fingerprint density at radius 1 is 1.21 bits per heavy atom. The molecule has 0 aliphatic carbocycles. The van der Waals surface area contributed by atoms with E-state index >= 15 is 0 Å². The van der Waals surface area contributed by atoms with Crippen molar-refractivity contribution in [2.45, 2.75) is 13.3 Å². The lowest BCUT2D eigenvalue weighted by Gasteiger charge is -2.08. The van der Waals surface area contributed by atoms with Gasteiger partial charge in [-0.1, -0.05) is 36.7 Å². The fourth-order valence-electron chi connectivity index (χ4n) is 2.06. The van der Waals surface area contributed by atoms with Gasteiger partial charge in [0.15, 0.2) is 0 Å². The summed E-state index contributed by atoms with van der Waals surface area (Å²) in [7, 11) is 1.54. The molecule has 5 heteroatoms. The number of carbonyl (C=O) groups excluding carboxylic acids is 1. The van der Waals surface area contributed by atoms with E-state index in [4.69, 9.17) is 21.1 Å². The Hall–Kier alpha value is -2.46. The van der Waals surface area contributed by atoms with Crippen molar-refractivity contribution in [3.63, 3.8) is 0 Å². The van der Waals surface area contributed by atoms with E-state index in [1.54, 1.807) is 31.4 Å². The van der Waals surface area contributed by atoms with Crippen LogP contribution in [0.3, 0.4) is 0 Å². The van der Waals surface area contributed by atoms with Crippen molar-refractivity contribution in [2.75, 3.05) is 19.0 Å². The van der Waals surface area contributed by atoms with Crippen LogP contribution < -0.4 is 14.8 Å². The third-order valence-electron chi connectivity index (χ3n) is 3.21. The molecule has 126 valence electrons. The lowest BCUT2D eigenvalue weighted by atomic mass is 10.2. The summed E-state index contributed by atoms with van der Waals surface area (Å²) >= 11 is 6.04. The molecule has 2 aromatic rings. The fraction of sp³-hybridized carbons (Fsp3) is 0.211. The van der Waals surface area contributed by atoms with Gasteiger partial charge < -0.3 is 14.8 Å². The number of rotatable bonds is 7. The second kappa shape index (κ2) is 8.99. The second-order valence-corrected chi connectivity index (χ2v) is 5.47. The maximum absolute atomic E-state index is 12.1. The molecule has 0 radical (unpaired) electrons. The van der Waals surface area contributed by atoms with E-state index in [-0.39, 0.29) is 5.91 Å². The summed E-state index contributed by atoms with van der Waals surface area (Å²) in [5.74, 6) is 1.07. The predicted molar refractivity (Wildman–Crippen MR) is 97.9 cm³/mol. The van der Waals surface area contributed by atoms with Gasteiger partial charge in [0.25, 0.3) is 0 Å². The number of halogens is 1. The highest BCUT2D eigenvalue weighted by Crippen LogP contribution is 2.27. The molecule has 0 unspecified atom stereocenters. The quantitative estimate of drug-likeness (QED) is 0.734. The fourth-order valence-corrected chi connectivity index (χ4v) is 2.31. The van der Waals surface area contributed by atoms with Gasteiger partial charge in [-0.15, -0.1) is 0 Å². The molecule has 4 nitrogen and oxygen atoms in total. The number of benzene rings is 2. The van der Waals surface area contributed by atoms with Crippen molar-refractivity contribution >= 4 is 29.3 Å². The Labute approximate surface area is 147 Å². The molecule has 2 rings (SSSR count). The number of hydrogen-bond donors (Lipinski definition) is 1. The van der Waals surface area contributed by atoms with Crippen LogP contribution >= 0.6 is 11.6 Å². The third kappa shape index (κ3) is 5.03. The van der Waals surface area contributed by atoms with E-state index in [2.05, 4.69) is 5.32 Å². The van der Waals surface area contributed by atoms with Gasteiger partial charge in [0.1, 0.15) is 11.5 Å². The summed E-state index contributed by atoms with van der Waals surface area (Å²) < 4.78 is 10.7. The van der Waals surface area contributed by atoms with Crippen molar-refractivity contribution in [3.05, 3.63) is 59.1 Å². The molecular formula is C19H20ClNO3. The standard InChI is InChI=1S/C19H20ClNO3/c1-3-12-24-17-7-5-4-6-14(17)8-11-19(22)21-15-9-10-18(23-2)16(20)13-15/h4-11,13H,3,12H2,1-2H3,(H,21,22). The Kier molecular flexibility index (Phi) is 6.70. The van der Waals surface area contributed by atoms with Crippen molar-refractivity contribution in [2.24, 2.45) is 0 Å². The van der Waals surface area contributed by atoms with E-state index in [9.17, 15) is 4.79 Å². The molecule has 0 aliphatic rings. The number of para-hydroxylation sites is 1. The van der Waals surface area contributed by atoms with Crippen LogP contribution in [-0.4, -0.2) is 19.6 Å². The molecule has 1 amide bonds. The Morgan fingerprint density at radius 3 is 2.71 bits per heavy atom. The maximum Gasteiger partial charge on any atom is 0.248 e.